The molecule has 0 bridgehead atoms. The van der Waals surface area contributed by atoms with Gasteiger partial charge in [0.25, 0.3) is 0 Å². The zero-order chi connectivity index (χ0) is 12.0. The number of aromatic nitrogens is 2. The third-order valence-corrected chi connectivity index (χ3v) is 3.51. The van der Waals surface area contributed by atoms with Gasteiger partial charge in [0.05, 0.1) is 11.2 Å². The Balaban J connectivity index is 2.28. The number of benzene rings is 1. The summed E-state index contributed by atoms with van der Waals surface area (Å²) in [5, 5.41) is 1.65. The summed E-state index contributed by atoms with van der Waals surface area (Å²) >= 11 is 5.99. The van der Waals surface area contributed by atoms with Gasteiger partial charge in [0, 0.05) is 17.0 Å². The minimum absolute atomic E-state index is 0.149. The van der Waals surface area contributed by atoms with Gasteiger partial charge >= 0.3 is 5.69 Å². The Kier molecular flexibility index (Phi) is 2.44. The molecule has 0 atom stereocenters. The lowest BCUT2D eigenvalue weighted by Crippen LogP contribution is -2.25. The predicted molar refractivity (Wildman–Crippen MR) is 68.5 cm³/mol. The minimum Gasteiger partial charge on any atom is -0.292 e. The van der Waals surface area contributed by atoms with Gasteiger partial charge in [-0.2, -0.15) is 4.98 Å². The van der Waals surface area contributed by atoms with Crippen molar-refractivity contribution in [1.29, 1.82) is 0 Å². The molecule has 1 fully saturated rings. The van der Waals surface area contributed by atoms with Crippen LogP contribution in [0, 0.1) is 12.8 Å². The molecular weight excluding hydrogens is 236 g/mol. The van der Waals surface area contributed by atoms with E-state index in [4.69, 9.17) is 11.6 Å². The third-order valence-electron chi connectivity index (χ3n) is 3.27. The summed E-state index contributed by atoms with van der Waals surface area (Å²) in [5.41, 5.74) is 1.54. The van der Waals surface area contributed by atoms with Crippen LogP contribution in [0.25, 0.3) is 10.9 Å². The lowest BCUT2D eigenvalue weighted by atomic mass is 10.2. The molecule has 0 saturated heterocycles. The normalized spacial score (nSPS) is 15.4. The van der Waals surface area contributed by atoms with Crippen LogP contribution in [0.1, 0.15) is 18.5 Å². The average molecular weight is 249 g/mol. The Morgan fingerprint density at radius 3 is 2.94 bits per heavy atom. The van der Waals surface area contributed by atoms with Crippen molar-refractivity contribution in [2.75, 3.05) is 0 Å². The van der Waals surface area contributed by atoms with E-state index in [1.807, 2.05) is 25.1 Å². The molecule has 1 aromatic carbocycles. The van der Waals surface area contributed by atoms with E-state index in [0.717, 1.165) is 23.1 Å². The van der Waals surface area contributed by atoms with Gasteiger partial charge < -0.3 is 0 Å². The van der Waals surface area contributed by atoms with Gasteiger partial charge in [-0.15, -0.1) is 0 Å². The Morgan fingerprint density at radius 1 is 1.47 bits per heavy atom. The van der Waals surface area contributed by atoms with Gasteiger partial charge in [0.2, 0.25) is 0 Å². The number of rotatable bonds is 2. The highest BCUT2D eigenvalue weighted by Crippen LogP contribution is 2.31. The molecule has 3 nitrogen and oxygen atoms in total. The highest BCUT2D eigenvalue weighted by atomic mass is 35.5. The first-order valence-electron chi connectivity index (χ1n) is 5.82. The predicted octanol–water partition coefficient (Wildman–Crippen LogP) is 2.77. The fourth-order valence-corrected chi connectivity index (χ4v) is 2.31. The van der Waals surface area contributed by atoms with Crippen LogP contribution in [-0.2, 0) is 6.54 Å². The molecule has 1 aliphatic rings. The van der Waals surface area contributed by atoms with Crippen LogP contribution in [0.15, 0.2) is 23.0 Å². The largest absolute Gasteiger partial charge is 0.348 e. The van der Waals surface area contributed by atoms with E-state index in [9.17, 15) is 4.79 Å². The van der Waals surface area contributed by atoms with Crippen molar-refractivity contribution in [1.82, 2.24) is 9.55 Å². The van der Waals surface area contributed by atoms with Crippen molar-refractivity contribution in [2.24, 2.45) is 5.92 Å². The zero-order valence-corrected chi connectivity index (χ0v) is 10.4. The van der Waals surface area contributed by atoms with E-state index < -0.39 is 0 Å². The quantitative estimate of drug-likeness (QED) is 0.819. The van der Waals surface area contributed by atoms with Crippen LogP contribution in [-0.4, -0.2) is 9.55 Å². The summed E-state index contributed by atoms with van der Waals surface area (Å²) in [7, 11) is 0. The molecule has 0 aliphatic heterocycles. The first-order valence-corrected chi connectivity index (χ1v) is 6.19. The van der Waals surface area contributed by atoms with Crippen molar-refractivity contribution in [2.45, 2.75) is 26.3 Å². The summed E-state index contributed by atoms with van der Waals surface area (Å²) < 4.78 is 1.77. The molecule has 88 valence electrons. The molecule has 0 N–H and O–H groups in total. The van der Waals surface area contributed by atoms with E-state index in [0.29, 0.717) is 10.9 Å². The number of hydrogen-bond acceptors (Lipinski definition) is 2. The Hall–Kier alpha value is -1.35. The topological polar surface area (TPSA) is 34.9 Å². The first-order chi connectivity index (χ1) is 8.15. The van der Waals surface area contributed by atoms with Crippen molar-refractivity contribution < 1.29 is 0 Å². The number of hydrogen-bond donors (Lipinski definition) is 0. The van der Waals surface area contributed by atoms with E-state index in [2.05, 4.69) is 4.98 Å². The van der Waals surface area contributed by atoms with Crippen LogP contribution < -0.4 is 5.69 Å². The molecule has 4 heteroatoms. The lowest BCUT2D eigenvalue weighted by molar-refractivity contribution is 0.611. The molecule has 1 heterocycles. The van der Waals surface area contributed by atoms with Crippen LogP contribution in [0.3, 0.4) is 0 Å². The number of fused-ring (bicyclic) bond motifs is 1. The van der Waals surface area contributed by atoms with Gasteiger partial charge in [0.1, 0.15) is 0 Å². The molecule has 1 saturated carbocycles. The number of aryl methyl sites for hydroxylation is 1. The standard InChI is InChI=1S/C13H13ClN2O/c1-8-11-6-10(14)4-5-12(11)16(13(17)15-8)7-9-2-3-9/h4-6,9H,2-3,7H2,1H3. The molecule has 1 aliphatic carbocycles. The van der Waals surface area contributed by atoms with Crippen molar-refractivity contribution in [3.05, 3.63) is 39.4 Å². The maximum atomic E-state index is 11.9. The van der Waals surface area contributed by atoms with Crippen LogP contribution in [0.4, 0.5) is 0 Å². The molecular formula is C13H13ClN2O. The smallest absolute Gasteiger partial charge is 0.292 e. The van der Waals surface area contributed by atoms with E-state index >= 15 is 0 Å². The summed E-state index contributed by atoms with van der Waals surface area (Å²) in [5.74, 6) is 0.649. The van der Waals surface area contributed by atoms with Crippen molar-refractivity contribution in [3.8, 4) is 0 Å². The fourth-order valence-electron chi connectivity index (χ4n) is 2.14. The summed E-state index contributed by atoms with van der Waals surface area (Å²) in [4.78, 5) is 16.0. The highest BCUT2D eigenvalue weighted by molar-refractivity contribution is 6.31. The summed E-state index contributed by atoms with van der Waals surface area (Å²) in [6, 6.07) is 5.62. The Bertz CT molecular complexity index is 644. The monoisotopic (exact) mass is 248 g/mol. The van der Waals surface area contributed by atoms with Crippen molar-refractivity contribution in [3.63, 3.8) is 0 Å². The molecule has 3 rings (SSSR count). The first kappa shape index (κ1) is 10.8. The van der Waals surface area contributed by atoms with Gasteiger partial charge in [-0.25, -0.2) is 4.79 Å². The third kappa shape index (κ3) is 1.95. The molecule has 0 unspecified atom stereocenters. The van der Waals surface area contributed by atoms with Gasteiger partial charge in [0.15, 0.2) is 0 Å². The van der Waals surface area contributed by atoms with Crippen LogP contribution in [0.5, 0.6) is 0 Å². The maximum Gasteiger partial charge on any atom is 0.348 e. The lowest BCUT2D eigenvalue weighted by Gasteiger charge is -2.10. The SMILES string of the molecule is Cc1nc(=O)n(CC2CC2)c2ccc(Cl)cc12. The second kappa shape index (κ2) is 3.84. The fraction of sp³-hybridized carbons (Fsp3) is 0.385. The molecule has 0 spiro atoms. The van der Waals surface area contributed by atoms with Crippen molar-refractivity contribution >= 4 is 22.5 Å². The summed E-state index contributed by atoms with van der Waals surface area (Å²) in [6.07, 6.45) is 2.44. The van der Waals surface area contributed by atoms with Gasteiger partial charge in [-0.05, 0) is 43.9 Å². The Labute approximate surface area is 104 Å². The molecule has 1 aromatic heterocycles. The van der Waals surface area contributed by atoms with Crippen LogP contribution in [0.2, 0.25) is 5.02 Å². The van der Waals surface area contributed by atoms with Gasteiger partial charge in [-0.3, -0.25) is 4.57 Å². The maximum absolute atomic E-state index is 11.9. The second-order valence-electron chi connectivity index (χ2n) is 4.70. The number of halogens is 1. The highest BCUT2D eigenvalue weighted by Gasteiger charge is 2.23. The Morgan fingerprint density at radius 2 is 2.24 bits per heavy atom. The number of nitrogens with zero attached hydrogens (tertiary/aromatic N) is 2. The zero-order valence-electron chi connectivity index (χ0n) is 9.61. The average Bonchev–Trinajstić information content (AvgIpc) is 3.08. The minimum atomic E-state index is -0.149. The second-order valence-corrected chi connectivity index (χ2v) is 5.13. The van der Waals surface area contributed by atoms with E-state index in [-0.39, 0.29) is 5.69 Å². The van der Waals surface area contributed by atoms with Crippen LogP contribution >= 0.6 is 11.6 Å². The molecule has 17 heavy (non-hydrogen) atoms. The molecule has 0 radical (unpaired) electrons. The van der Waals surface area contributed by atoms with Gasteiger partial charge in [-0.1, -0.05) is 11.6 Å². The summed E-state index contributed by atoms with van der Waals surface area (Å²) in [6.45, 7) is 2.63. The molecule has 2 aromatic rings. The molecule has 0 amide bonds. The van der Waals surface area contributed by atoms with E-state index in [1.54, 1.807) is 4.57 Å². The van der Waals surface area contributed by atoms with E-state index in [1.165, 1.54) is 12.8 Å².